The van der Waals surface area contributed by atoms with E-state index in [1.807, 2.05) is 0 Å². The van der Waals surface area contributed by atoms with Gasteiger partial charge >= 0.3 is 0 Å². The van der Waals surface area contributed by atoms with Crippen molar-refractivity contribution in [2.24, 2.45) is 56.7 Å². The van der Waals surface area contributed by atoms with Crippen molar-refractivity contribution >= 4 is 0 Å². The van der Waals surface area contributed by atoms with Crippen LogP contribution in [-0.2, 0) is 0 Å². The second-order valence-electron chi connectivity index (χ2n) is 14.4. The van der Waals surface area contributed by atoms with Gasteiger partial charge in [-0.2, -0.15) is 0 Å². The SMILES string of the molecule is C=C(C)[C@@H]1CC[C@]2(CO)CC[C@]3(C)[C@H](CC[C@@H]4[C@@]5(C)CC[C@H](O)[C@](C)(CO)[C@@H]5CC[C@]43C)[C@H]12. The number of rotatable bonds is 3. The fraction of sp³-hybridized carbons (Fsp3) is 0.933. The average molecular weight is 459 g/mol. The molecule has 5 fully saturated rings. The van der Waals surface area contributed by atoms with Gasteiger partial charge in [0.15, 0.2) is 0 Å². The molecule has 0 spiro atoms. The lowest BCUT2D eigenvalue weighted by molar-refractivity contribution is -0.255. The van der Waals surface area contributed by atoms with Crippen LogP contribution in [-0.4, -0.2) is 34.6 Å². The van der Waals surface area contributed by atoms with Crippen LogP contribution in [0.25, 0.3) is 0 Å². The van der Waals surface area contributed by atoms with E-state index >= 15 is 0 Å². The van der Waals surface area contributed by atoms with Gasteiger partial charge in [-0.15, -0.1) is 0 Å². The predicted octanol–water partition coefficient (Wildman–Crippen LogP) is 5.97. The summed E-state index contributed by atoms with van der Waals surface area (Å²) >= 11 is 0. The molecule has 0 radical (unpaired) electrons. The maximum Gasteiger partial charge on any atom is 0.0618 e. The van der Waals surface area contributed by atoms with E-state index in [0.717, 1.165) is 19.3 Å². The summed E-state index contributed by atoms with van der Waals surface area (Å²) in [4.78, 5) is 0. The highest BCUT2D eigenvalue weighted by atomic mass is 16.3. The standard InChI is InChI=1S/C30H50O3/c1-19(2)20-9-14-30(18-32)16-15-28(5)21(25(20)30)7-8-23-26(3)12-11-24(33)27(4,17-31)22(26)10-13-29(23,28)6/h20-25,31-33H,1,7-18H2,2-6H3/t20-,21+,22+,23+,24-,25-,26-,27+,28+,29+,30+/m0/s1. The number of aliphatic hydroxyl groups is 3. The fourth-order valence-electron chi connectivity index (χ4n) is 11.6. The Morgan fingerprint density at radius 2 is 1.52 bits per heavy atom. The molecule has 0 aromatic rings. The Balaban J connectivity index is 1.55. The van der Waals surface area contributed by atoms with Crippen LogP contribution in [0.2, 0.25) is 0 Å². The minimum Gasteiger partial charge on any atom is -0.396 e. The minimum atomic E-state index is -0.383. The Kier molecular flexibility index (Phi) is 5.57. The molecule has 188 valence electrons. The summed E-state index contributed by atoms with van der Waals surface area (Å²) in [5, 5.41) is 32.0. The molecule has 0 amide bonds. The molecular weight excluding hydrogens is 408 g/mol. The van der Waals surface area contributed by atoms with E-state index in [0.29, 0.717) is 36.2 Å². The Labute approximate surface area is 202 Å². The largest absolute Gasteiger partial charge is 0.396 e. The summed E-state index contributed by atoms with van der Waals surface area (Å²) in [5.74, 6) is 2.86. The first-order chi connectivity index (χ1) is 15.4. The molecule has 0 unspecified atom stereocenters. The van der Waals surface area contributed by atoms with Gasteiger partial charge in [0, 0.05) is 12.0 Å². The summed E-state index contributed by atoms with van der Waals surface area (Å²) in [6, 6.07) is 0. The number of allylic oxidation sites excluding steroid dienone is 1. The molecule has 33 heavy (non-hydrogen) atoms. The zero-order valence-corrected chi connectivity index (χ0v) is 22.0. The van der Waals surface area contributed by atoms with Crippen molar-refractivity contribution in [3.8, 4) is 0 Å². The third-order valence-electron chi connectivity index (χ3n) is 13.7. The Hall–Kier alpha value is -0.380. The van der Waals surface area contributed by atoms with Gasteiger partial charge in [0.25, 0.3) is 0 Å². The maximum absolute atomic E-state index is 10.9. The normalized spacial score (nSPS) is 58.1. The smallest absolute Gasteiger partial charge is 0.0618 e. The zero-order chi connectivity index (χ0) is 24.0. The van der Waals surface area contributed by atoms with Crippen molar-refractivity contribution in [1.29, 1.82) is 0 Å². The summed E-state index contributed by atoms with van der Waals surface area (Å²) in [5.41, 5.74) is 1.83. The van der Waals surface area contributed by atoms with Gasteiger partial charge in [-0.3, -0.25) is 0 Å². The number of fused-ring (bicyclic) bond motifs is 7. The lowest BCUT2D eigenvalue weighted by Crippen LogP contribution is -2.67. The minimum absolute atomic E-state index is 0.0964. The monoisotopic (exact) mass is 458 g/mol. The van der Waals surface area contributed by atoms with Gasteiger partial charge in [-0.05, 0) is 122 Å². The van der Waals surface area contributed by atoms with Gasteiger partial charge in [-0.1, -0.05) is 39.8 Å². The van der Waals surface area contributed by atoms with Crippen LogP contribution in [0, 0.1) is 56.7 Å². The van der Waals surface area contributed by atoms with Crippen LogP contribution in [0.3, 0.4) is 0 Å². The first kappa shape index (κ1) is 24.3. The van der Waals surface area contributed by atoms with E-state index in [-0.39, 0.29) is 39.8 Å². The molecule has 0 saturated heterocycles. The predicted molar refractivity (Wildman–Crippen MR) is 133 cm³/mol. The summed E-state index contributed by atoms with van der Waals surface area (Å²) in [7, 11) is 0. The number of hydrogen-bond acceptors (Lipinski definition) is 3. The Morgan fingerprint density at radius 3 is 2.15 bits per heavy atom. The first-order valence-electron chi connectivity index (χ1n) is 14.0. The highest BCUT2D eigenvalue weighted by Crippen LogP contribution is 2.77. The fourth-order valence-corrected chi connectivity index (χ4v) is 11.6. The molecule has 11 atom stereocenters. The molecule has 3 heteroatoms. The van der Waals surface area contributed by atoms with Crippen LogP contribution >= 0.6 is 0 Å². The summed E-state index contributed by atoms with van der Waals surface area (Å²) < 4.78 is 0. The second kappa shape index (κ2) is 7.56. The van der Waals surface area contributed by atoms with E-state index in [1.165, 1.54) is 50.5 Å². The van der Waals surface area contributed by atoms with Crippen molar-refractivity contribution in [2.45, 2.75) is 105 Å². The number of aliphatic hydroxyl groups excluding tert-OH is 3. The molecule has 5 saturated carbocycles. The van der Waals surface area contributed by atoms with Crippen LogP contribution in [0.4, 0.5) is 0 Å². The summed E-state index contributed by atoms with van der Waals surface area (Å²) in [6.07, 6.45) is 11.2. The molecular formula is C30H50O3. The van der Waals surface area contributed by atoms with Gasteiger partial charge in [0.05, 0.1) is 12.7 Å². The third-order valence-corrected chi connectivity index (χ3v) is 13.7. The van der Waals surface area contributed by atoms with Crippen molar-refractivity contribution in [2.75, 3.05) is 13.2 Å². The highest BCUT2D eigenvalue weighted by molar-refractivity contribution is 5.21. The molecule has 0 aromatic heterocycles. The van der Waals surface area contributed by atoms with Gasteiger partial charge < -0.3 is 15.3 Å². The molecule has 5 aliphatic carbocycles. The van der Waals surface area contributed by atoms with Crippen molar-refractivity contribution < 1.29 is 15.3 Å². The van der Waals surface area contributed by atoms with Crippen molar-refractivity contribution in [3.63, 3.8) is 0 Å². The Bertz CT molecular complexity index is 808. The Morgan fingerprint density at radius 1 is 0.788 bits per heavy atom. The third kappa shape index (κ3) is 2.85. The van der Waals surface area contributed by atoms with E-state index in [1.54, 1.807) is 0 Å². The zero-order valence-electron chi connectivity index (χ0n) is 22.0. The van der Waals surface area contributed by atoms with E-state index in [4.69, 9.17) is 0 Å². The highest BCUT2D eigenvalue weighted by Gasteiger charge is 2.71. The van der Waals surface area contributed by atoms with Gasteiger partial charge in [-0.25, -0.2) is 0 Å². The molecule has 0 bridgehead atoms. The van der Waals surface area contributed by atoms with Crippen LogP contribution in [0.1, 0.15) is 98.8 Å². The number of hydrogen-bond donors (Lipinski definition) is 3. The molecule has 0 aromatic carbocycles. The molecule has 0 heterocycles. The second-order valence-corrected chi connectivity index (χ2v) is 14.4. The topological polar surface area (TPSA) is 60.7 Å². The lowest BCUT2D eigenvalue weighted by Gasteiger charge is -2.73. The quantitative estimate of drug-likeness (QED) is 0.457. The molecule has 3 nitrogen and oxygen atoms in total. The molecule has 3 N–H and O–H groups in total. The van der Waals surface area contributed by atoms with Crippen LogP contribution in [0.15, 0.2) is 12.2 Å². The van der Waals surface area contributed by atoms with Gasteiger partial charge in [0.2, 0.25) is 0 Å². The van der Waals surface area contributed by atoms with E-state index in [9.17, 15) is 15.3 Å². The first-order valence-corrected chi connectivity index (χ1v) is 14.0. The van der Waals surface area contributed by atoms with Crippen LogP contribution < -0.4 is 0 Å². The summed E-state index contributed by atoms with van der Waals surface area (Å²) in [6.45, 7) is 17.0. The maximum atomic E-state index is 10.9. The lowest BCUT2D eigenvalue weighted by atomic mass is 9.32. The van der Waals surface area contributed by atoms with E-state index in [2.05, 4.69) is 41.2 Å². The van der Waals surface area contributed by atoms with Gasteiger partial charge in [0.1, 0.15) is 0 Å². The van der Waals surface area contributed by atoms with Crippen molar-refractivity contribution in [3.05, 3.63) is 12.2 Å². The molecule has 5 aliphatic rings. The van der Waals surface area contributed by atoms with Crippen LogP contribution in [0.5, 0.6) is 0 Å². The van der Waals surface area contributed by atoms with Crippen molar-refractivity contribution in [1.82, 2.24) is 0 Å². The van der Waals surface area contributed by atoms with E-state index < -0.39 is 0 Å². The average Bonchev–Trinajstić information content (AvgIpc) is 3.17. The molecule has 5 rings (SSSR count). The molecule has 0 aliphatic heterocycles.